The zero-order chi connectivity index (χ0) is 8.85. The Morgan fingerprint density at radius 3 is 2.18 bits per heavy atom. The standard InChI is InChI=1S/C7H12O4/c1-5(4-6(8)9)7(10-2)11-3/h4,7H,1-3H3,(H,8,9). The van der Waals surface area contributed by atoms with E-state index in [0.29, 0.717) is 5.57 Å². The largest absolute Gasteiger partial charge is 0.478 e. The summed E-state index contributed by atoms with van der Waals surface area (Å²) in [5.74, 6) is -0.999. The highest BCUT2D eigenvalue weighted by Gasteiger charge is 2.07. The molecule has 4 heteroatoms. The summed E-state index contributed by atoms with van der Waals surface area (Å²) in [7, 11) is 2.90. The highest BCUT2D eigenvalue weighted by molar-refractivity contribution is 5.80. The first-order valence-corrected chi connectivity index (χ1v) is 3.08. The van der Waals surface area contributed by atoms with E-state index in [9.17, 15) is 4.79 Å². The van der Waals surface area contributed by atoms with Gasteiger partial charge in [0.15, 0.2) is 6.29 Å². The molecule has 0 aromatic rings. The average molecular weight is 160 g/mol. The van der Waals surface area contributed by atoms with E-state index in [-0.39, 0.29) is 0 Å². The summed E-state index contributed by atoms with van der Waals surface area (Å²) in [6.45, 7) is 1.63. The number of carboxylic acids is 1. The molecule has 0 spiro atoms. The van der Waals surface area contributed by atoms with Gasteiger partial charge in [-0.3, -0.25) is 0 Å². The summed E-state index contributed by atoms with van der Waals surface area (Å²) in [6.07, 6.45) is 0.489. The topological polar surface area (TPSA) is 55.8 Å². The third kappa shape index (κ3) is 3.75. The van der Waals surface area contributed by atoms with E-state index >= 15 is 0 Å². The van der Waals surface area contributed by atoms with E-state index in [1.54, 1.807) is 6.92 Å². The minimum absolute atomic E-state index is 0.530. The van der Waals surface area contributed by atoms with E-state index in [4.69, 9.17) is 14.6 Å². The second kappa shape index (κ2) is 4.87. The summed E-state index contributed by atoms with van der Waals surface area (Å²) in [4.78, 5) is 10.2. The SMILES string of the molecule is COC(OC)C(C)=CC(=O)O. The van der Waals surface area contributed by atoms with Crippen molar-refractivity contribution in [1.29, 1.82) is 0 Å². The normalized spacial score (nSPS) is 12.2. The van der Waals surface area contributed by atoms with Crippen LogP contribution in [0.15, 0.2) is 11.6 Å². The molecule has 0 aliphatic rings. The van der Waals surface area contributed by atoms with E-state index in [0.717, 1.165) is 6.08 Å². The van der Waals surface area contributed by atoms with Gasteiger partial charge in [-0.25, -0.2) is 4.79 Å². The molecule has 0 amide bonds. The number of ether oxygens (including phenoxy) is 2. The number of rotatable bonds is 4. The molecule has 0 radical (unpaired) electrons. The highest BCUT2D eigenvalue weighted by atomic mass is 16.7. The van der Waals surface area contributed by atoms with Gasteiger partial charge in [-0.05, 0) is 12.5 Å². The van der Waals surface area contributed by atoms with Crippen LogP contribution in [0.3, 0.4) is 0 Å². The molecule has 64 valence electrons. The third-order valence-electron chi connectivity index (χ3n) is 1.15. The van der Waals surface area contributed by atoms with Crippen LogP contribution in [0.2, 0.25) is 0 Å². The molecule has 0 aliphatic carbocycles. The zero-order valence-electron chi connectivity index (χ0n) is 6.83. The quantitative estimate of drug-likeness (QED) is 0.484. The van der Waals surface area contributed by atoms with Crippen molar-refractivity contribution in [3.8, 4) is 0 Å². The van der Waals surface area contributed by atoms with E-state index in [1.807, 2.05) is 0 Å². The van der Waals surface area contributed by atoms with Gasteiger partial charge >= 0.3 is 5.97 Å². The molecule has 0 aromatic carbocycles. The molecule has 0 atom stereocenters. The summed E-state index contributed by atoms with van der Waals surface area (Å²) >= 11 is 0. The fourth-order valence-electron chi connectivity index (χ4n) is 0.731. The lowest BCUT2D eigenvalue weighted by molar-refractivity contribution is -0.131. The van der Waals surface area contributed by atoms with E-state index in [1.165, 1.54) is 14.2 Å². The molecule has 1 N–H and O–H groups in total. The molecule has 0 heterocycles. The Morgan fingerprint density at radius 2 is 1.91 bits per heavy atom. The van der Waals surface area contributed by atoms with Crippen molar-refractivity contribution >= 4 is 5.97 Å². The van der Waals surface area contributed by atoms with Crippen molar-refractivity contribution in [2.75, 3.05) is 14.2 Å². The third-order valence-corrected chi connectivity index (χ3v) is 1.15. The van der Waals surface area contributed by atoms with Crippen LogP contribution in [0.5, 0.6) is 0 Å². The second-order valence-electron chi connectivity index (χ2n) is 2.03. The van der Waals surface area contributed by atoms with Crippen LogP contribution in [0.25, 0.3) is 0 Å². The van der Waals surface area contributed by atoms with E-state index < -0.39 is 12.3 Å². The van der Waals surface area contributed by atoms with Crippen LogP contribution in [0, 0.1) is 0 Å². The number of methoxy groups -OCH3 is 2. The summed E-state index contributed by atoms with van der Waals surface area (Å²) in [6, 6.07) is 0. The Morgan fingerprint density at radius 1 is 1.45 bits per heavy atom. The van der Waals surface area contributed by atoms with Crippen molar-refractivity contribution < 1.29 is 19.4 Å². The van der Waals surface area contributed by atoms with Crippen molar-refractivity contribution in [2.24, 2.45) is 0 Å². The second-order valence-corrected chi connectivity index (χ2v) is 2.03. The van der Waals surface area contributed by atoms with Gasteiger partial charge in [-0.15, -0.1) is 0 Å². The Labute approximate surface area is 65.4 Å². The minimum Gasteiger partial charge on any atom is -0.478 e. The van der Waals surface area contributed by atoms with Crippen LogP contribution in [0.1, 0.15) is 6.92 Å². The van der Waals surface area contributed by atoms with Crippen LogP contribution < -0.4 is 0 Å². The molecule has 0 aliphatic heterocycles. The predicted octanol–water partition coefficient (Wildman–Crippen LogP) is 0.636. The smallest absolute Gasteiger partial charge is 0.328 e. The van der Waals surface area contributed by atoms with Crippen LogP contribution in [0.4, 0.5) is 0 Å². The van der Waals surface area contributed by atoms with Crippen LogP contribution >= 0.6 is 0 Å². The van der Waals surface area contributed by atoms with Gasteiger partial charge in [0.1, 0.15) is 0 Å². The predicted molar refractivity (Wildman–Crippen MR) is 39.2 cm³/mol. The summed E-state index contributed by atoms with van der Waals surface area (Å²) in [5.41, 5.74) is 0.530. The molecule has 4 nitrogen and oxygen atoms in total. The van der Waals surface area contributed by atoms with Crippen molar-refractivity contribution in [3.63, 3.8) is 0 Å². The van der Waals surface area contributed by atoms with Crippen LogP contribution in [-0.2, 0) is 14.3 Å². The molecule has 0 bridgehead atoms. The number of aliphatic carboxylic acids is 1. The number of hydrogen-bond acceptors (Lipinski definition) is 3. The molecule has 0 saturated carbocycles. The first-order valence-electron chi connectivity index (χ1n) is 3.08. The fraction of sp³-hybridized carbons (Fsp3) is 0.571. The fourth-order valence-corrected chi connectivity index (χ4v) is 0.731. The van der Waals surface area contributed by atoms with Gasteiger partial charge in [0.2, 0.25) is 0 Å². The molecule has 0 saturated heterocycles. The monoisotopic (exact) mass is 160 g/mol. The summed E-state index contributed by atoms with van der Waals surface area (Å²) in [5, 5.41) is 8.34. The Bertz CT molecular complexity index is 158. The first kappa shape index (κ1) is 10.1. The van der Waals surface area contributed by atoms with Crippen molar-refractivity contribution in [3.05, 3.63) is 11.6 Å². The summed E-state index contributed by atoms with van der Waals surface area (Å²) < 4.78 is 9.62. The van der Waals surface area contributed by atoms with Gasteiger partial charge in [0.25, 0.3) is 0 Å². The maximum atomic E-state index is 10.2. The number of carboxylic acid groups (broad SMARTS) is 1. The Balaban J connectivity index is 4.18. The van der Waals surface area contributed by atoms with Gasteiger partial charge in [-0.1, -0.05) is 0 Å². The lowest BCUT2D eigenvalue weighted by atomic mass is 10.3. The van der Waals surface area contributed by atoms with E-state index in [2.05, 4.69) is 0 Å². The number of carbonyl (C=O) groups is 1. The maximum absolute atomic E-state index is 10.2. The average Bonchev–Trinajstić information content (AvgIpc) is 1.88. The van der Waals surface area contributed by atoms with Gasteiger partial charge in [0.05, 0.1) is 0 Å². The molecular formula is C7H12O4. The lowest BCUT2D eigenvalue weighted by Crippen LogP contribution is -2.15. The van der Waals surface area contributed by atoms with Gasteiger partial charge in [0, 0.05) is 20.3 Å². The van der Waals surface area contributed by atoms with Crippen molar-refractivity contribution in [2.45, 2.75) is 13.2 Å². The molecule has 0 unspecified atom stereocenters. The molecular weight excluding hydrogens is 148 g/mol. The lowest BCUT2D eigenvalue weighted by Gasteiger charge is -2.12. The maximum Gasteiger partial charge on any atom is 0.328 e. The van der Waals surface area contributed by atoms with Crippen LogP contribution in [-0.4, -0.2) is 31.6 Å². The molecule has 0 aromatic heterocycles. The molecule has 11 heavy (non-hydrogen) atoms. The Hall–Kier alpha value is -0.870. The van der Waals surface area contributed by atoms with Gasteiger partial charge in [-0.2, -0.15) is 0 Å². The minimum atomic E-state index is -0.999. The first-order chi connectivity index (χ1) is 5.11. The highest BCUT2D eigenvalue weighted by Crippen LogP contribution is 2.04. The molecule has 0 rings (SSSR count). The Kier molecular flexibility index (Phi) is 4.49. The number of hydrogen-bond donors (Lipinski definition) is 1. The van der Waals surface area contributed by atoms with Crippen molar-refractivity contribution in [1.82, 2.24) is 0 Å². The molecule has 0 fully saturated rings. The van der Waals surface area contributed by atoms with Gasteiger partial charge < -0.3 is 14.6 Å². The zero-order valence-corrected chi connectivity index (χ0v) is 6.83.